The van der Waals surface area contributed by atoms with Gasteiger partial charge < -0.3 is 24.5 Å². The van der Waals surface area contributed by atoms with E-state index in [1.165, 1.54) is 0 Å². The van der Waals surface area contributed by atoms with E-state index in [2.05, 4.69) is 20.8 Å². The van der Waals surface area contributed by atoms with Gasteiger partial charge in [0.1, 0.15) is 29.7 Å². The third kappa shape index (κ3) is 6.40. The Morgan fingerprint density at radius 1 is 1.17 bits per heavy atom. The van der Waals surface area contributed by atoms with Crippen molar-refractivity contribution >= 4 is 28.8 Å². The Bertz CT molecular complexity index is 924. The number of carbonyl (C=O) groups is 2. The maximum Gasteiger partial charge on any atom is 0.286 e. The van der Waals surface area contributed by atoms with Crippen LogP contribution in [0.5, 0.6) is 5.75 Å². The summed E-state index contributed by atoms with van der Waals surface area (Å²) in [5, 5.41) is 14.0. The largest absolute Gasteiger partial charge is 0.497 e. The lowest BCUT2D eigenvalue weighted by molar-refractivity contribution is -0.126. The molecule has 0 saturated heterocycles. The molecule has 152 valence electrons. The molecule has 2 aromatic heterocycles. The van der Waals surface area contributed by atoms with Crippen LogP contribution in [0, 0.1) is 0 Å². The van der Waals surface area contributed by atoms with Gasteiger partial charge in [-0.3, -0.25) is 9.59 Å². The lowest BCUT2D eigenvalue weighted by Gasteiger charge is -2.04. The molecule has 2 amide bonds. The maximum atomic E-state index is 12.2. The van der Waals surface area contributed by atoms with E-state index in [0.29, 0.717) is 29.4 Å². The lowest BCUT2D eigenvalue weighted by atomic mass is 10.3. The first kappa shape index (κ1) is 20.5. The van der Waals surface area contributed by atoms with Crippen molar-refractivity contribution in [3.05, 3.63) is 58.4 Å². The molecule has 0 bridgehead atoms. The topological polar surface area (TPSA) is 116 Å². The molecule has 2 heterocycles. The number of nitrogens with one attached hydrogen (secondary N) is 2. The van der Waals surface area contributed by atoms with Crippen molar-refractivity contribution in [1.82, 2.24) is 15.5 Å². The zero-order chi connectivity index (χ0) is 20.5. The number of hydrogen-bond acceptors (Lipinski definition) is 8. The van der Waals surface area contributed by atoms with E-state index >= 15 is 0 Å². The molecule has 9 nitrogen and oxygen atoms in total. The maximum absolute atomic E-state index is 12.2. The molecular weight excluding hydrogens is 396 g/mol. The minimum absolute atomic E-state index is 0.0963. The van der Waals surface area contributed by atoms with Crippen LogP contribution < -0.4 is 15.4 Å². The smallest absolute Gasteiger partial charge is 0.286 e. The number of carbonyl (C=O) groups excluding carboxylic acids is 2. The minimum Gasteiger partial charge on any atom is -0.497 e. The minimum atomic E-state index is -0.366. The van der Waals surface area contributed by atoms with Crippen LogP contribution in [-0.2, 0) is 22.6 Å². The molecule has 3 rings (SSSR count). The highest BCUT2D eigenvalue weighted by Crippen LogP contribution is 2.17. The molecule has 0 aliphatic carbocycles. The lowest BCUT2D eigenvalue weighted by Crippen LogP contribution is -2.29. The summed E-state index contributed by atoms with van der Waals surface area (Å²) < 4.78 is 15.6. The summed E-state index contributed by atoms with van der Waals surface area (Å²) in [6, 6.07) is 10.6. The number of ether oxygens (including phenoxy) is 2. The number of anilines is 1. The summed E-state index contributed by atoms with van der Waals surface area (Å²) in [5.41, 5.74) is 0.620. The van der Waals surface area contributed by atoms with Crippen molar-refractivity contribution in [2.24, 2.45) is 0 Å². The fourth-order valence-electron chi connectivity index (χ4n) is 2.32. The van der Waals surface area contributed by atoms with Gasteiger partial charge in [-0.15, -0.1) is 10.2 Å². The zero-order valence-electron chi connectivity index (χ0n) is 15.7. The molecule has 3 aromatic rings. The summed E-state index contributed by atoms with van der Waals surface area (Å²) in [5.74, 6) is 0.900. The van der Waals surface area contributed by atoms with Crippen molar-refractivity contribution in [3.8, 4) is 5.75 Å². The first-order chi connectivity index (χ1) is 14.1. The summed E-state index contributed by atoms with van der Waals surface area (Å²) in [6.07, 6.45) is 2.20. The Balaban J connectivity index is 1.37. The van der Waals surface area contributed by atoms with E-state index in [9.17, 15) is 9.59 Å². The number of rotatable bonds is 10. The highest BCUT2D eigenvalue weighted by atomic mass is 32.1. The van der Waals surface area contributed by atoms with E-state index in [-0.39, 0.29) is 30.0 Å². The van der Waals surface area contributed by atoms with Crippen LogP contribution in [0.1, 0.15) is 20.6 Å². The number of benzene rings is 1. The van der Waals surface area contributed by atoms with Crippen LogP contribution in [0.2, 0.25) is 0 Å². The number of furan rings is 1. The molecule has 0 aliphatic rings. The van der Waals surface area contributed by atoms with Gasteiger partial charge in [-0.05, 0) is 36.4 Å². The predicted molar refractivity (Wildman–Crippen MR) is 106 cm³/mol. The van der Waals surface area contributed by atoms with Crippen molar-refractivity contribution in [2.45, 2.75) is 13.0 Å². The average molecular weight is 416 g/mol. The third-order valence-corrected chi connectivity index (χ3v) is 4.64. The third-order valence-electron chi connectivity index (χ3n) is 3.74. The Kier molecular flexibility index (Phi) is 7.31. The van der Waals surface area contributed by atoms with E-state index < -0.39 is 0 Å². The molecule has 0 unspecified atom stereocenters. The van der Waals surface area contributed by atoms with Crippen molar-refractivity contribution < 1.29 is 23.5 Å². The molecule has 29 heavy (non-hydrogen) atoms. The first-order valence-corrected chi connectivity index (χ1v) is 9.60. The van der Waals surface area contributed by atoms with Gasteiger partial charge in [0.2, 0.25) is 10.9 Å². The summed E-state index contributed by atoms with van der Waals surface area (Å²) in [6.45, 7) is 0.453. The number of aromatic nitrogens is 2. The van der Waals surface area contributed by atoms with Gasteiger partial charge in [-0.2, -0.15) is 0 Å². The Hall–Kier alpha value is -3.24. The van der Waals surface area contributed by atoms with Crippen LogP contribution in [0.25, 0.3) is 0 Å². The molecule has 0 atom stereocenters. The summed E-state index contributed by atoms with van der Waals surface area (Å²) >= 11 is 1.11. The molecule has 1 aromatic carbocycles. The zero-order valence-corrected chi connectivity index (χ0v) is 16.5. The average Bonchev–Trinajstić information content (AvgIpc) is 3.41. The molecule has 10 heteroatoms. The van der Waals surface area contributed by atoms with Crippen LogP contribution in [-0.4, -0.2) is 42.3 Å². The van der Waals surface area contributed by atoms with E-state index in [1.54, 1.807) is 43.7 Å². The fourth-order valence-corrected chi connectivity index (χ4v) is 3.00. The summed E-state index contributed by atoms with van der Waals surface area (Å²) in [7, 11) is 1.57. The van der Waals surface area contributed by atoms with Gasteiger partial charge in [0.05, 0.1) is 13.4 Å². The molecule has 0 spiro atoms. The number of amides is 2. The van der Waals surface area contributed by atoms with Crippen molar-refractivity contribution in [3.63, 3.8) is 0 Å². The SMILES string of the molecule is COc1ccc(NC(=O)c2nnc(COCC(=O)NCCc3ccco3)s2)cc1. The Morgan fingerprint density at radius 3 is 2.72 bits per heavy atom. The van der Waals surface area contributed by atoms with Gasteiger partial charge in [0, 0.05) is 18.7 Å². The summed E-state index contributed by atoms with van der Waals surface area (Å²) in [4.78, 5) is 24.0. The molecule has 0 radical (unpaired) electrons. The molecule has 0 fully saturated rings. The highest BCUT2D eigenvalue weighted by molar-refractivity contribution is 7.13. The normalized spacial score (nSPS) is 10.5. The first-order valence-electron chi connectivity index (χ1n) is 8.78. The number of methoxy groups -OCH3 is 1. The number of hydrogen-bond donors (Lipinski definition) is 2. The van der Waals surface area contributed by atoms with Crippen LogP contribution in [0.4, 0.5) is 5.69 Å². The molecule has 2 N–H and O–H groups in total. The second-order valence-corrected chi connectivity index (χ2v) is 6.92. The predicted octanol–water partition coefficient (Wildman–Crippen LogP) is 2.27. The molecule has 0 aliphatic heterocycles. The standard InChI is InChI=1S/C19H20N4O5S/c1-26-14-6-4-13(5-7-14)21-18(25)19-23-22-17(29-19)12-27-11-16(24)20-9-8-15-3-2-10-28-15/h2-7,10H,8-9,11-12H2,1H3,(H,20,24)(H,21,25). The second kappa shape index (κ2) is 10.3. The van der Waals surface area contributed by atoms with E-state index in [4.69, 9.17) is 13.9 Å². The fraction of sp³-hybridized carbons (Fsp3) is 0.263. The van der Waals surface area contributed by atoms with Crippen LogP contribution >= 0.6 is 11.3 Å². The van der Waals surface area contributed by atoms with Crippen molar-refractivity contribution in [2.75, 3.05) is 25.6 Å². The Morgan fingerprint density at radius 2 is 2.00 bits per heavy atom. The van der Waals surface area contributed by atoms with Gasteiger partial charge in [0.15, 0.2) is 0 Å². The monoisotopic (exact) mass is 416 g/mol. The van der Waals surface area contributed by atoms with Gasteiger partial charge in [-0.1, -0.05) is 11.3 Å². The van der Waals surface area contributed by atoms with Gasteiger partial charge in [0.25, 0.3) is 5.91 Å². The molecule has 0 saturated carbocycles. The van der Waals surface area contributed by atoms with Gasteiger partial charge >= 0.3 is 0 Å². The van der Waals surface area contributed by atoms with Crippen molar-refractivity contribution in [1.29, 1.82) is 0 Å². The van der Waals surface area contributed by atoms with Crippen LogP contribution in [0.3, 0.4) is 0 Å². The Labute approximate surface area is 171 Å². The van der Waals surface area contributed by atoms with E-state index in [0.717, 1.165) is 17.1 Å². The highest BCUT2D eigenvalue weighted by Gasteiger charge is 2.14. The number of nitrogens with zero attached hydrogens (tertiary/aromatic N) is 2. The quantitative estimate of drug-likeness (QED) is 0.521. The van der Waals surface area contributed by atoms with Crippen LogP contribution in [0.15, 0.2) is 47.1 Å². The molecular formula is C19H20N4O5S. The van der Waals surface area contributed by atoms with E-state index in [1.807, 2.05) is 6.07 Å². The van der Waals surface area contributed by atoms with Gasteiger partial charge in [-0.25, -0.2) is 0 Å². The second-order valence-electron chi connectivity index (χ2n) is 5.86.